The van der Waals surface area contributed by atoms with Crippen molar-refractivity contribution >= 4 is 0 Å². The van der Waals surface area contributed by atoms with Gasteiger partial charge in [0.2, 0.25) is 0 Å². The van der Waals surface area contributed by atoms with Gasteiger partial charge < -0.3 is 4.74 Å². The van der Waals surface area contributed by atoms with E-state index in [1.807, 2.05) is 0 Å². The van der Waals surface area contributed by atoms with E-state index in [2.05, 4.69) is 4.90 Å². The first-order chi connectivity index (χ1) is 6.62. The minimum Gasteiger partial charge on any atom is -0.383 e. The summed E-state index contributed by atoms with van der Waals surface area (Å²) in [6, 6.07) is 1.02. The summed E-state index contributed by atoms with van der Waals surface area (Å²) < 4.78 is 18.6. The van der Waals surface area contributed by atoms with Crippen molar-refractivity contribution in [1.82, 2.24) is 4.90 Å². The van der Waals surface area contributed by atoms with Gasteiger partial charge in [-0.15, -0.1) is 0 Å². The molecule has 1 aliphatic carbocycles. The molecule has 1 unspecified atom stereocenters. The summed E-state index contributed by atoms with van der Waals surface area (Å²) in [5.41, 5.74) is -0.898. The maximum absolute atomic E-state index is 13.4. The Morgan fingerprint density at radius 3 is 2.79 bits per heavy atom. The van der Waals surface area contributed by atoms with E-state index in [0.29, 0.717) is 24.9 Å². The van der Waals surface area contributed by atoms with Gasteiger partial charge >= 0.3 is 0 Å². The molecule has 2 fully saturated rings. The quantitative estimate of drug-likeness (QED) is 0.692. The minimum absolute atomic E-state index is 0.479. The highest BCUT2D eigenvalue weighted by Gasteiger charge is 2.46. The van der Waals surface area contributed by atoms with Crippen LogP contribution in [0.3, 0.4) is 0 Å². The van der Waals surface area contributed by atoms with Crippen LogP contribution in [-0.2, 0) is 4.74 Å². The zero-order valence-corrected chi connectivity index (χ0v) is 9.13. The number of hydrogen-bond donors (Lipinski definition) is 0. The topological polar surface area (TPSA) is 12.5 Å². The lowest BCUT2D eigenvalue weighted by molar-refractivity contribution is -0.0321. The monoisotopic (exact) mass is 201 g/mol. The number of alkyl halides is 1. The largest absolute Gasteiger partial charge is 0.383 e. The first kappa shape index (κ1) is 10.4. The maximum atomic E-state index is 13.4. The Labute approximate surface area is 85.4 Å². The molecule has 1 heterocycles. The van der Waals surface area contributed by atoms with Gasteiger partial charge in [0, 0.05) is 19.2 Å². The molecule has 0 bridgehead atoms. The van der Waals surface area contributed by atoms with Gasteiger partial charge in [-0.1, -0.05) is 0 Å². The molecule has 1 aliphatic heterocycles. The second-order valence-corrected chi connectivity index (χ2v) is 4.96. The fraction of sp³-hybridized carbons (Fsp3) is 1.00. The van der Waals surface area contributed by atoms with Crippen molar-refractivity contribution < 1.29 is 9.13 Å². The van der Waals surface area contributed by atoms with Gasteiger partial charge in [0.25, 0.3) is 0 Å². The first-order valence-corrected chi connectivity index (χ1v) is 5.56. The van der Waals surface area contributed by atoms with Crippen LogP contribution in [-0.4, -0.2) is 42.9 Å². The van der Waals surface area contributed by atoms with E-state index in [0.717, 1.165) is 13.2 Å². The molecule has 0 radical (unpaired) electrons. The second-order valence-electron chi connectivity index (χ2n) is 4.96. The smallest absolute Gasteiger partial charge is 0.111 e. The summed E-state index contributed by atoms with van der Waals surface area (Å²) in [4.78, 5) is 2.45. The molecule has 0 aromatic carbocycles. The molecule has 1 saturated carbocycles. The van der Waals surface area contributed by atoms with Crippen LogP contribution in [0.4, 0.5) is 4.39 Å². The van der Waals surface area contributed by atoms with Gasteiger partial charge in [-0.3, -0.25) is 4.90 Å². The predicted molar refractivity (Wildman–Crippen MR) is 54.1 cm³/mol. The molecule has 0 amide bonds. The third-order valence-corrected chi connectivity index (χ3v) is 3.57. The van der Waals surface area contributed by atoms with Crippen molar-refractivity contribution in [2.45, 2.75) is 50.4 Å². The lowest BCUT2D eigenvalue weighted by Gasteiger charge is -2.46. The standard InChI is InChI=1S/C11H20FNO/c1-11(12)6-10(7-11)13-5-3-4-9(13)8-14-2/h9-10H,3-8H2,1-2H3. The maximum Gasteiger partial charge on any atom is 0.111 e. The summed E-state index contributed by atoms with van der Waals surface area (Å²) in [6.45, 7) is 3.65. The van der Waals surface area contributed by atoms with Crippen molar-refractivity contribution in [2.24, 2.45) is 0 Å². The highest BCUT2D eigenvalue weighted by molar-refractivity contribution is 4.99. The molecule has 14 heavy (non-hydrogen) atoms. The van der Waals surface area contributed by atoms with E-state index in [1.165, 1.54) is 12.8 Å². The van der Waals surface area contributed by atoms with E-state index in [-0.39, 0.29) is 0 Å². The summed E-state index contributed by atoms with van der Waals surface area (Å²) >= 11 is 0. The van der Waals surface area contributed by atoms with Gasteiger partial charge in [0.1, 0.15) is 5.67 Å². The Balaban J connectivity index is 1.85. The molecule has 2 rings (SSSR count). The lowest BCUT2D eigenvalue weighted by atomic mass is 9.77. The van der Waals surface area contributed by atoms with Crippen LogP contribution < -0.4 is 0 Å². The Kier molecular flexibility index (Phi) is 2.80. The van der Waals surface area contributed by atoms with Gasteiger partial charge in [-0.25, -0.2) is 4.39 Å². The van der Waals surface area contributed by atoms with Crippen LogP contribution in [0.5, 0.6) is 0 Å². The third-order valence-electron chi connectivity index (χ3n) is 3.57. The van der Waals surface area contributed by atoms with Crippen LogP contribution in [0.15, 0.2) is 0 Å². The molecule has 2 nitrogen and oxygen atoms in total. The molecule has 1 saturated heterocycles. The van der Waals surface area contributed by atoms with Crippen LogP contribution in [0.1, 0.15) is 32.6 Å². The molecule has 82 valence electrons. The van der Waals surface area contributed by atoms with E-state index in [4.69, 9.17) is 4.74 Å². The molecule has 0 spiro atoms. The zero-order chi connectivity index (χ0) is 10.2. The first-order valence-electron chi connectivity index (χ1n) is 5.56. The van der Waals surface area contributed by atoms with E-state index < -0.39 is 5.67 Å². The molecule has 3 heteroatoms. The Hall–Kier alpha value is -0.150. The number of likely N-dealkylation sites (tertiary alicyclic amines) is 1. The van der Waals surface area contributed by atoms with Crippen molar-refractivity contribution in [3.05, 3.63) is 0 Å². The number of ether oxygens (including phenoxy) is 1. The van der Waals surface area contributed by atoms with Crippen LogP contribution in [0.2, 0.25) is 0 Å². The van der Waals surface area contributed by atoms with Gasteiger partial charge in [-0.2, -0.15) is 0 Å². The highest BCUT2D eigenvalue weighted by Crippen LogP contribution is 2.41. The van der Waals surface area contributed by atoms with Gasteiger partial charge in [0.05, 0.1) is 6.61 Å². The van der Waals surface area contributed by atoms with Crippen molar-refractivity contribution in [3.8, 4) is 0 Å². The molecule has 0 N–H and O–H groups in total. The Bertz CT molecular complexity index is 199. The molecule has 1 atom stereocenters. The predicted octanol–water partition coefficient (Wildman–Crippen LogP) is 1.99. The molecule has 0 aromatic heterocycles. The van der Waals surface area contributed by atoms with Crippen molar-refractivity contribution in [3.63, 3.8) is 0 Å². The summed E-state index contributed by atoms with van der Waals surface area (Å²) in [5.74, 6) is 0. The van der Waals surface area contributed by atoms with E-state index in [9.17, 15) is 4.39 Å². The Morgan fingerprint density at radius 2 is 2.21 bits per heavy atom. The fourth-order valence-electron chi connectivity index (χ4n) is 2.87. The lowest BCUT2D eigenvalue weighted by Crippen LogP contribution is -2.53. The van der Waals surface area contributed by atoms with Gasteiger partial charge in [-0.05, 0) is 39.2 Å². The van der Waals surface area contributed by atoms with E-state index >= 15 is 0 Å². The van der Waals surface area contributed by atoms with Crippen LogP contribution >= 0.6 is 0 Å². The SMILES string of the molecule is COCC1CCCN1C1CC(C)(F)C1. The van der Waals surface area contributed by atoms with Crippen LogP contribution in [0, 0.1) is 0 Å². The average molecular weight is 201 g/mol. The number of hydrogen-bond acceptors (Lipinski definition) is 2. The number of nitrogens with zero attached hydrogens (tertiary/aromatic N) is 1. The minimum atomic E-state index is -0.898. The highest BCUT2D eigenvalue weighted by atomic mass is 19.1. The fourth-order valence-corrected chi connectivity index (χ4v) is 2.87. The number of halogens is 1. The molecular weight excluding hydrogens is 181 g/mol. The van der Waals surface area contributed by atoms with E-state index in [1.54, 1.807) is 14.0 Å². The zero-order valence-electron chi connectivity index (χ0n) is 9.13. The summed E-state index contributed by atoms with van der Waals surface area (Å²) in [5, 5.41) is 0. The molecule has 0 aromatic rings. The van der Waals surface area contributed by atoms with Crippen LogP contribution in [0.25, 0.3) is 0 Å². The van der Waals surface area contributed by atoms with Gasteiger partial charge in [0.15, 0.2) is 0 Å². The van der Waals surface area contributed by atoms with Crippen molar-refractivity contribution in [1.29, 1.82) is 0 Å². The molecular formula is C11H20FNO. The third kappa shape index (κ3) is 1.94. The average Bonchev–Trinajstić information content (AvgIpc) is 2.48. The number of methoxy groups -OCH3 is 1. The summed E-state index contributed by atoms with van der Waals surface area (Å²) in [6.07, 6.45) is 3.89. The Morgan fingerprint density at radius 1 is 1.50 bits per heavy atom. The normalized spacial score (nSPS) is 43.9. The second kappa shape index (κ2) is 3.78. The van der Waals surface area contributed by atoms with Crippen molar-refractivity contribution in [2.75, 3.05) is 20.3 Å². The number of rotatable bonds is 3. The summed E-state index contributed by atoms with van der Waals surface area (Å²) in [7, 11) is 1.75. The molecule has 2 aliphatic rings.